The first-order valence-electron chi connectivity index (χ1n) is 9.41. The Morgan fingerprint density at radius 3 is 2.53 bits per heavy atom. The zero-order valence-electron chi connectivity index (χ0n) is 17.8. The van der Waals surface area contributed by atoms with Crippen molar-refractivity contribution < 1.29 is 23.8 Å². The van der Waals surface area contributed by atoms with E-state index in [4.69, 9.17) is 19.9 Å². The van der Waals surface area contributed by atoms with Crippen LogP contribution in [0, 0.1) is 0 Å². The Hall–Kier alpha value is -3.07. The molecule has 0 spiro atoms. The average Bonchev–Trinajstić information content (AvgIpc) is 3.09. The molecule has 0 aliphatic heterocycles. The predicted molar refractivity (Wildman–Crippen MR) is 117 cm³/mol. The van der Waals surface area contributed by atoms with Crippen molar-refractivity contribution in [3.05, 3.63) is 41.4 Å². The highest BCUT2D eigenvalue weighted by Gasteiger charge is 2.31. The van der Waals surface area contributed by atoms with Gasteiger partial charge in [0.15, 0.2) is 10.7 Å². The number of hydrogen-bond acceptors (Lipinski definition) is 8. The second-order valence-electron chi connectivity index (χ2n) is 7.20. The molecule has 0 unspecified atom stereocenters. The number of rotatable bonds is 9. The van der Waals surface area contributed by atoms with Crippen LogP contribution in [-0.2, 0) is 9.53 Å². The third-order valence-corrected chi connectivity index (χ3v) is 4.64. The van der Waals surface area contributed by atoms with Gasteiger partial charge in [-0.05, 0) is 46.8 Å². The Labute approximate surface area is 180 Å². The lowest BCUT2D eigenvalue weighted by Crippen LogP contribution is -2.42. The number of esters is 1. The third kappa shape index (κ3) is 6.21. The second-order valence-corrected chi connectivity index (χ2v) is 8.23. The lowest BCUT2D eigenvalue weighted by atomic mass is 10.1. The van der Waals surface area contributed by atoms with Crippen LogP contribution in [0.4, 0.5) is 5.13 Å². The molecule has 0 atom stereocenters. The minimum absolute atomic E-state index is 0.0473. The summed E-state index contributed by atoms with van der Waals surface area (Å²) in [6.07, 6.45) is 1.31. The Morgan fingerprint density at radius 1 is 1.27 bits per heavy atom. The molecule has 162 valence electrons. The molecule has 0 radical (unpaired) electrons. The maximum Gasteiger partial charge on any atom is 0.350 e. The fraction of sp³-hybridized carbons (Fsp3) is 0.381. The summed E-state index contributed by atoms with van der Waals surface area (Å²) in [4.78, 5) is 28.9. The molecule has 1 aromatic carbocycles. The summed E-state index contributed by atoms with van der Waals surface area (Å²) in [5.74, 6) is 0.0404. The Morgan fingerprint density at radius 2 is 1.93 bits per heavy atom. The van der Waals surface area contributed by atoms with Crippen molar-refractivity contribution in [1.82, 2.24) is 4.98 Å². The average molecular weight is 434 g/mol. The van der Waals surface area contributed by atoms with Crippen molar-refractivity contribution in [2.24, 2.45) is 5.73 Å². The van der Waals surface area contributed by atoms with Crippen molar-refractivity contribution in [2.45, 2.75) is 46.3 Å². The molecule has 9 heteroatoms. The molecule has 1 aromatic heterocycles. The minimum atomic E-state index is -1.25. The van der Waals surface area contributed by atoms with Crippen molar-refractivity contribution in [3.63, 3.8) is 0 Å². The van der Waals surface area contributed by atoms with E-state index in [0.29, 0.717) is 27.6 Å². The number of hydrogen-bond donors (Lipinski definition) is 2. The lowest BCUT2D eigenvalue weighted by Gasteiger charge is -2.25. The van der Waals surface area contributed by atoms with Gasteiger partial charge in [-0.25, -0.2) is 9.78 Å². The van der Waals surface area contributed by atoms with Crippen LogP contribution in [0.2, 0.25) is 0 Å². The fourth-order valence-electron chi connectivity index (χ4n) is 2.37. The van der Waals surface area contributed by atoms with Gasteiger partial charge in [0.1, 0.15) is 16.4 Å². The summed E-state index contributed by atoms with van der Waals surface area (Å²) >= 11 is 1.03. The molecule has 0 aliphatic carbocycles. The fourth-order valence-corrected chi connectivity index (χ4v) is 3.08. The molecule has 0 aliphatic rings. The number of benzene rings is 1. The third-order valence-electron chi connectivity index (χ3n) is 3.75. The van der Waals surface area contributed by atoms with E-state index in [-0.39, 0.29) is 17.8 Å². The van der Waals surface area contributed by atoms with Gasteiger partial charge in [0.25, 0.3) is 5.91 Å². The van der Waals surface area contributed by atoms with Crippen LogP contribution in [-0.4, -0.2) is 35.2 Å². The topological polar surface area (TPSA) is 113 Å². The van der Waals surface area contributed by atoms with Crippen LogP contribution < -0.4 is 20.5 Å². The largest absolute Gasteiger partial charge is 0.491 e. The SMILES string of the molecule is C=C(N)c1cc(OC(C)C)cc(OC(C)(C)C(=O)Nc2ncc(C(=O)OCC)s2)c1. The molecule has 8 nitrogen and oxygen atoms in total. The van der Waals surface area contributed by atoms with E-state index in [9.17, 15) is 9.59 Å². The van der Waals surface area contributed by atoms with Gasteiger partial charge < -0.3 is 19.9 Å². The summed E-state index contributed by atoms with van der Waals surface area (Å²) in [5.41, 5.74) is 5.57. The second kappa shape index (κ2) is 9.62. The first kappa shape index (κ1) is 23.2. The number of nitrogens with zero attached hydrogens (tertiary/aromatic N) is 1. The van der Waals surface area contributed by atoms with Gasteiger partial charge in [0.2, 0.25) is 0 Å². The molecule has 2 aromatic rings. The summed E-state index contributed by atoms with van der Waals surface area (Å²) < 4.78 is 16.6. The first-order valence-corrected chi connectivity index (χ1v) is 10.2. The van der Waals surface area contributed by atoms with Crippen LogP contribution in [0.1, 0.15) is 49.9 Å². The van der Waals surface area contributed by atoms with E-state index in [0.717, 1.165) is 11.3 Å². The van der Waals surface area contributed by atoms with Gasteiger partial charge in [-0.3, -0.25) is 10.1 Å². The maximum atomic E-state index is 12.8. The lowest BCUT2D eigenvalue weighted by molar-refractivity contribution is -0.128. The van der Waals surface area contributed by atoms with Crippen molar-refractivity contribution in [2.75, 3.05) is 11.9 Å². The van der Waals surface area contributed by atoms with Gasteiger partial charge in [-0.1, -0.05) is 17.9 Å². The summed E-state index contributed by atoms with van der Waals surface area (Å²) in [6, 6.07) is 5.13. The first-order chi connectivity index (χ1) is 14.0. The maximum absolute atomic E-state index is 12.8. The van der Waals surface area contributed by atoms with E-state index >= 15 is 0 Å². The molecular weight excluding hydrogens is 406 g/mol. The predicted octanol–water partition coefficient (Wildman–Crippen LogP) is 3.83. The summed E-state index contributed by atoms with van der Waals surface area (Å²) in [6.45, 7) is 12.8. The quantitative estimate of drug-likeness (QED) is 0.578. The molecule has 0 saturated carbocycles. The normalized spacial score (nSPS) is 11.1. The Balaban J connectivity index is 2.17. The standard InChI is InChI=1S/C21H27N3O5S/c1-7-27-18(25)17-11-23-20(30-17)24-19(26)21(5,6)29-16-9-14(13(4)22)8-15(10-16)28-12(2)3/h8-12H,4,7,22H2,1-3,5-6H3,(H,23,24,26). The monoisotopic (exact) mass is 433 g/mol. The van der Waals surface area contributed by atoms with Crippen LogP contribution in [0.25, 0.3) is 5.70 Å². The Bertz CT molecular complexity index is 936. The van der Waals surface area contributed by atoms with Crippen molar-refractivity contribution in [1.29, 1.82) is 0 Å². The van der Waals surface area contributed by atoms with E-state index in [2.05, 4.69) is 16.9 Å². The van der Waals surface area contributed by atoms with Gasteiger partial charge in [0.05, 0.1) is 18.9 Å². The molecule has 0 bridgehead atoms. The number of nitrogens with two attached hydrogens (primary N) is 1. The smallest absolute Gasteiger partial charge is 0.350 e. The molecule has 0 saturated heterocycles. The van der Waals surface area contributed by atoms with Crippen molar-refractivity contribution in [3.8, 4) is 11.5 Å². The Kier molecular flexibility index (Phi) is 7.44. The number of ether oxygens (including phenoxy) is 3. The zero-order chi connectivity index (χ0) is 22.5. The number of thiazole rings is 1. The number of aromatic nitrogens is 1. The van der Waals surface area contributed by atoms with Gasteiger partial charge in [-0.15, -0.1) is 0 Å². The molecule has 1 amide bonds. The van der Waals surface area contributed by atoms with Crippen molar-refractivity contribution >= 4 is 34.0 Å². The van der Waals surface area contributed by atoms with Gasteiger partial charge in [0, 0.05) is 17.3 Å². The van der Waals surface area contributed by atoms with Crippen LogP contribution in [0.3, 0.4) is 0 Å². The molecule has 2 rings (SSSR count). The highest BCUT2D eigenvalue weighted by atomic mass is 32.1. The van der Waals surface area contributed by atoms with E-state index in [1.807, 2.05) is 13.8 Å². The van der Waals surface area contributed by atoms with Gasteiger partial charge in [-0.2, -0.15) is 0 Å². The van der Waals surface area contributed by atoms with Gasteiger partial charge >= 0.3 is 5.97 Å². The van der Waals surface area contributed by atoms with E-state index < -0.39 is 17.5 Å². The van der Waals surface area contributed by atoms with Crippen LogP contribution >= 0.6 is 11.3 Å². The molecule has 0 fully saturated rings. The minimum Gasteiger partial charge on any atom is -0.491 e. The van der Waals surface area contributed by atoms with Crippen LogP contribution in [0.5, 0.6) is 11.5 Å². The molecular formula is C21H27N3O5S. The molecule has 30 heavy (non-hydrogen) atoms. The van der Waals surface area contributed by atoms with Crippen LogP contribution in [0.15, 0.2) is 31.0 Å². The summed E-state index contributed by atoms with van der Waals surface area (Å²) in [7, 11) is 0. The molecule has 1 heterocycles. The highest BCUT2D eigenvalue weighted by Crippen LogP contribution is 2.29. The van der Waals surface area contributed by atoms with E-state index in [1.54, 1.807) is 39.0 Å². The van der Waals surface area contributed by atoms with E-state index in [1.165, 1.54) is 6.20 Å². The molecule has 3 N–H and O–H groups in total. The highest BCUT2D eigenvalue weighted by molar-refractivity contribution is 7.17. The number of nitrogens with one attached hydrogen (secondary N) is 1. The number of carbonyl (C=O) groups excluding carboxylic acids is 2. The number of anilines is 1. The zero-order valence-corrected chi connectivity index (χ0v) is 18.6. The summed E-state index contributed by atoms with van der Waals surface area (Å²) in [5, 5.41) is 2.94. The number of amides is 1. The number of carbonyl (C=O) groups is 2.